The molecule has 22 heavy (non-hydrogen) atoms. The van der Waals surface area contributed by atoms with Gasteiger partial charge in [0.05, 0.1) is 23.9 Å². The predicted octanol–water partition coefficient (Wildman–Crippen LogP) is 2.23. The first kappa shape index (κ1) is 14.5. The van der Waals surface area contributed by atoms with Crippen molar-refractivity contribution < 1.29 is 9.15 Å². The zero-order chi connectivity index (χ0) is 15.2. The lowest BCUT2D eigenvalue weighted by Crippen LogP contribution is -2.37. The fourth-order valence-electron chi connectivity index (χ4n) is 2.74. The highest BCUT2D eigenvalue weighted by atomic mass is 16.5. The first-order valence-corrected chi connectivity index (χ1v) is 7.42. The van der Waals surface area contributed by atoms with Crippen LogP contribution in [0.3, 0.4) is 0 Å². The quantitative estimate of drug-likeness (QED) is 0.842. The van der Waals surface area contributed by atoms with Gasteiger partial charge in [0, 0.05) is 31.3 Å². The fourth-order valence-corrected chi connectivity index (χ4v) is 2.74. The minimum absolute atomic E-state index is 0.466. The monoisotopic (exact) mass is 298 g/mol. The number of ether oxygens (including phenoxy) is 1. The zero-order valence-corrected chi connectivity index (χ0v) is 12.3. The summed E-state index contributed by atoms with van der Waals surface area (Å²) >= 11 is 0. The molecule has 0 bridgehead atoms. The van der Waals surface area contributed by atoms with Crippen LogP contribution in [0.5, 0.6) is 5.88 Å². The van der Waals surface area contributed by atoms with E-state index in [1.54, 1.807) is 24.6 Å². The van der Waals surface area contributed by atoms with E-state index in [1.807, 2.05) is 0 Å². The molecular weight excluding hydrogens is 280 g/mol. The van der Waals surface area contributed by atoms with Gasteiger partial charge in [0.15, 0.2) is 6.39 Å². The zero-order valence-electron chi connectivity index (χ0n) is 12.3. The van der Waals surface area contributed by atoms with Gasteiger partial charge in [0.25, 0.3) is 0 Å². The lowest BCUT2D eigenvalue weighted by molar-refractivity contribution is 0.122. The van der Waals surface area contributed by atoms with Crippen molar-refractivity contribution in [2.24, 2.45) is 5.92 Å². The maximum Gasteiger partial charge on any atom is 0.214 e. The van der Waals surface area contributed by atoms with Gasteiger partial charge >= 0.3 is 0 Å². The normalized spacial score (nSPS) is 18.8. The number of rotatable bonds is 5. The lowest BCUT2D eigenvalue weighted by atomic mass is 9.99. The van der Waals surface area contributed by atoms with Gasteiger partial charge in [-0.25, -0.2) is 9.97 Å². The molecule has 1 aliphatic heterocycles. The summed E-state index contributed by atoms with van der Waals surface area (Å²) in [7, 11) is 0. The van der Waals surface area contributed by atoms with Crippen molar-refractivity contribution in [1.82, 2.24) is 14.9 Å². The number of nitriles is 1. The number of pyridine rings is 1. The molecule has 1 fully saturated rings. The summed E-state index contributed by atoms with van der Waals surface area (Å²) in [5.74, 6) is 0.987. The number of likely N-dealkylation sites (tertiary alicyclic amines) is 1. The molecule has 1 unspecified atom stereocenters. The number of hydrogen-bond acceptors (Lipinski definition) is 6. The third-order valence-electron chi connectivity index (χ3n) is 3.80. The molecule has 0 amide bonds. The van der Waals surface area contributed by atoms with Gasteiger partial charge in [-0.15, -0.1) is 0 Å². The maximum absolute atomic E-state index is 8.88. The van der Waals surface area contributed by atoms with Crippen LogP contribution in [0.15, 0.2) is 35.4 Å². The van der Waals surface area contributed by atoms with Gasteiger partial charge in [-0.3, -0.25) is 4.90 Å². The smallest absolute Gasteiger partial charge is 0.214 e. The lowest BCUT2D eigenvalue weighted by Gasteiger charge is -2.31. The van der Waals surface area contributed by atoms with Gasteiger partial charge in [-0.2, -0.15) is 5.26 Å². The molecule has 114 valence electrons. The Morgan fingerprint density at radius 1 is 1.45 bits per heavy atom. The average molecular weight is 298 g/mol. The van der Waals surface area contributed by atoms with Crippen LogP contribution < -0.4 is 4.74 Å². The highest BCUT2D eigenvalue weighted by Crippen LogP contribution is 2.19. The summed E-state index contributed by atoms with van der Waals surface area (Å²) in [6.45, 7) is 3.49. The van der Waals surface area contributed by atoms with E-state index >= 15 is 0 Å². The van der Waals surface area contributed by atoms with Gasteiger partial charge in [-0.05, 0) is 25.5 Å². The van der Waals surface area contributed by atoms with Gasteiger partial charge < -0.3 is 9.15 Å². The van der Waals surface area contributed by atoms with E-state index in [0.717, 1.165) is 38.2 Å². The topological polar surface area (TPSA) is 75.2 Å². The van der Waals surface area contributed by atoms with Crippen LogP contribution in [-0.2, 0) is 6.54 Å². The van der Waals surface area contributed by atoms with Crippen LogP contribution in [0.4, 0.5) is 0 Å². The first-order valence-electron chi connectivity index (χ1n) is 7.42. The van der Waals surface area contributed by atoms with E-state index in [0.29, 0.717) is 24.0 Å². The molecule has 0 radical (unpaired) electrons. The Balaban J connectivity index is 1.51. The minimum atomic E-state index is 0.466. The van der Waals surface area contributed by atoms with Crippen molar-refractivity contribution in [3.63, 3.8) is 0 Å². The molecule has 3 heterocycles. The molecule has 1 atom stereocenters. The summed E-state index contributed by atoms with van der Waals surface area (Å²) in [6, 6.07) is 5.44. The number of aromatic nitrogens is 2. The van der Waals surface area contributed by atoms with E-state index < -0.39 is 0 Å². The molecule has 6 nitrogen and oxygen atoms in total. The van der Waals surface area contributed by atoms with Crippen molar-refractivity contribution in [2.45, 2.75) is 19.4 Å². The number of piperidine rings is 1. The van der Waals surface area contributed by atoms with Crippen LogP contribution in [0.25, 0.3) is 0 Å². The first-order chi connectivity index (χ1) is 10.8. The second kappa shape index (κ2) is 7.05. The van der Waals surface area contributed by atoms with Crippen molar-refractivity contribution in [2.75, 3.05) is 19.7 Å². The van der Waals surface area contributed by atoms with Crippen LogP contribution >= 0.6 is 0 Å². The average Bonchev–Trinajstić information content (AvgIpc) is 3.06. The van der Waals surface area contributed by atoms with Crippen LogP contribution in [-0.4, -0.2) is 34.6 Å². The van der Waals surface area contributed by atoms with E-state index in [1.165, 1.54) is 6.39 Å². The summed E-state index contributed by atoms with van der Waals surface area (Å²) in [4.78, 5) is 10.7. The highest BCUT2D eigenvalue weighted by Gasteiger charge is 2.21. The van der Waals surface area contributed by atoms with Crippen LogP contribution in [0, 0.1) is 17.2 Å². The van der Waals surface area contributed by atoms with E-state index in [2.05, 4.69) is 20.9 Å². The van der Waals surface area contributed by atoms with Crippen molar-refractivity contribution in [3.8, 4) is 11.9 Å². The Bertz CT molecular complexity index is 636. The molecule has 1 aliphatic rings. The minimum Gasteiger partial charge on any atom is -0.477 e. The molecular formula is C16H18N4O2. The second-order valence-electron chi connectivity index (χ2n) is 5.53. The molecule has 1 saturated heterocycles. The summed E-state index contributed by atoms with van der Waals surface area (Å²) < 4.78 is 10.8. The third-order valence-corrected chi connectivity index (χ3v) is 3.80. The summed E-state index contributed by atoms with van der Waals surface area (Å²) in [6.07, 6.45) is 7.06. The van der Waals surface area contributed by atoms with Crippen molar-refractivity contribution >= 4 is 0 Å². The Kier molecular flexibility index (Phi) is 4.66. The molecule has 0 saturated carbocycles. The van der Waals surface area contributed by atoms with Crippen molar-refractivity contribution in [3.05, 3.63) is 42.2 Å². The molecule has 0 aliphatic carbocycles. The van der Waals surface area contributed by atoms with Gasteiger partial charge in [-0.1, -0.05) is 0 Å². The standard InChI is InChI=1S/C16H18N4O2/c17-7-13-3-4-18-16(6-13)22-10-14-2-1-5-20(8-14)9-15-11-21-12-19-15/h3-4,6,11-12,14H,1-2,5,8-10H2. The van der Waals surface area contributed by atoms with Gasteiger partial charge in [0.2, 0.25) is 5.88 Å². The van der Waals surface area contributed by atoms with E-state index in [4.69, 9.17) is 14.4 Å². The molecule has 0 N–H and O–H groups in total. The number of hydrogen-bond donors (Lipinski definition) is 0. The summed E-state index contributed by atoms with van der Waals surface area (Å²) in [5.41, 5.74) is 1.53. The van der Waals surface area contributed by atoms with E-state index in [-0.39, 0.29) is 0 Å². The summed E-state index contributed by atoms with van der Waals surface area (Å²) in [5, 5.41) is 8.88. The molecule has 3 rings (SSSR count). The predicted molar refractivity (Wildman–Crippen MR) is 79.0 cm³/mol. The largest absolute Gasteiger partial charge is 0.477 e. The second-order valence-corrected chi connectivity index (χ2v) is 5.53. The maximum atomic E-state index is 8.88. The Morgan fingerprint density at radius 2 is 2.41 bits per heavy atom. The molecule has 0 spiro atoms. The Hall–Kier alpha value is -2.39. The van der Waals surface area contributed by atoms with Crippen LogP contribution in [0.2, 0.25) is 0 Å². The fraction of sp³-hybridized carbons (Fsp3) is 0.438. The van der Waals surface area contributed by atoms with Gasteiger partial charge in [0.1, 0.15) is 6.26 Å². The Morgan fingerprint density at radius 3 is 3.23 bits per heavy atom. The Labute approximate surface area is 129 Å². The molecule has 2 aromatic rings. The molecule has 2 aromatic heterocycles. The number of oxazole rings is 1. The van der Waals surface area contributed by atoms with E-state index in [9.17, 15) is 0 Å². The third kappa shape index (κ3) is 3.83. The molecule has 0 aromatic carbocycles. The SMILES string of the molecule is N#Cc1ccnc(OCC2CCCN(Cc3cocn3)C2)c1. The van der Waals surface area contributed by atoms with Crippen LogP contribution in [0.1, 0.15) is 24.1 Å². The van der Waals surface area contributed by atoms with Crippen molar-refractivity contribution in [1.29, 1.82) is 5.26 Å². The number of nitrogens with zero attached hydrogens (tertiary/aromatic N) is 4. The highest BCUT2D eigenvalue weighted by molar-refractivity contribution is 5.31. The molecule has 6 heteroatoms.